The van der Waals surface area contributed by atoms with E-state index in [2.05, 4.69) is 10.2 Å². The number of nitrogens with one attached hydrogen (secondary N) is 1. The normalized spacial score (nSPS) is 19.2. The maximum atomic E-state index is 10.8. The summed E-state index contributed by atoms with van der Waals surface area (Å²) in [5, 5.41) is 24.1. The second-order valence-electron chi connectivity index (χ2n) is 7.67. The number of nitrogens with zero attached hydrogens (tertiary/aromatic N) is 3. The first-order valence-electron chi connectivity index (χ1n) is 10.1. The summed E-state index contributed by atoms with van der Waals surface area (Å²) >= 11 is 0. The van der Waals surface area contributed by atoms with Crippen LogP contribution in [0.5, 0.6) is 0 Å². The van der Waals surface area contributed by atoms with E-state index in [-0.39, 0.29) is 40.7 Å². The monoisotopic (exact) mass is 502 g/mol. The maximum absolute atomic E-state index is 10.8. The van der Waals surface area contributed by atoms with Gasteiger partial charge in [-0.3, -0.25) is 10.1 Å². The van der Waals surface area contributed by atoms with Gasteiger partial charge in [0.25, 0.3) is 5.69 Å². The number of rotatable bonds is 5. The Morgan fingerprint density at radius 2 is 1.79 bits per heavy atom. The van der Waals surface area contributed by atoms with E-state index < -0.39 is 0 Å². The molecule has 0 radical (unpaired) electrons. The van der Waals surface area contributed by atoms with E-state index in [9.17, 15) is 15.2 Å². The molecule has 0 atom stereocenters. The molecule has 2 aliphatic rings. The molecule has 2 fully saturated rings. The van der Waals surface area contributed by atoms with Gasteiger partial charge in [0.05, 0.1) is 17.6 Å². The van der Waals surface area contributed by atoms with Gasteiger partial charge in [0, 0.05) is 31.8 Å². The Balaban J connectivity index is 0.00000280. The maximum Gasteiger partial charge on any atom is 0.269 e. The largest absolute Gasteiger partial charge is 0.393 e. The molecule has 28 heavy (non-hydrogen) atoms. The second-order valence-corrected chi connectivity index (χ2v) is 7.67. The molecular weight excluding hydrogens is 471 g/mol. The van der Waals surface area contributed by atoms with E-state index in [0.29, 0.717) is 12.5 Å². The molecule has 0 bridgehead atoms. The van der Waals surface area contributed by atoms with Crippen molar-refractivity contribution in [3.05, 3.63) is 39.9 Å². The molecule has 0 aromatic heterocycles. The van der Waals surface area contributed by atoms with Gasteiger partial charge in [0.2, 0.25) is 0 Å². The van der Waals surface area contributed by atoms with Crippen LogP contribution in [-0.4, -0.2) is 46.6 Å². The van der Waals surface area contributed by atoms with Crippen LogP contribution in [0.25, 0.3) is 0 Å². The minimum absolute atomic E-state index is 0. The molecule has 1 aromatic rings. The Kier molecular flexibility index (Phi) is 9.43. The third-order valence-corrected chi connectivity index (χ3v) is 5.60. The van der Waals surface area contributed by atoms with E-state index >= 15 is 0 Å². The number of guanidine groups is 1. The first-order chi connectivity index (χ1) is 13.1. The number of nitro benzene ring substituents is 1. The van der Waals surface area contributed by atoms with E-state index in [1.165, 1.54) is 44.2 Å². The number of halogens is 1. The number of likely N-dealkylation sites (tertiary alicyclic amines) is 1. The Morgan fingerprint density at radius 1 is 1.14 bits per heavy atom. The van der Waals surface area contributed by atoms with Gasteiger partial charge in [-0.1, -0.05) is 31.4 Å². The zero-order valence-corrected chi connectivity index (χ0v) is 18.6. The third-order valence-electron chi connectivity index (χ3n) is 5.60. The van der Waals surface area contributed by atoms with Gasteiger partial charge in [-0.25, -0.2) is 4.99 Å². The molecule has 3 rings (SSSR count). The average Bonchev–Trinajstić information content (AvgIpc) is 2.70. The summed E-state index contributed by atoms with van der Waals surface area (Å²) in [5.74, 6) is 1.60. The zero-order chi connectivity index (χ0) is 19.1. The first-order valence-corrected chi connectivity index (χ1v) is 10.1. The molecule has 2 N–H and O–H groups in total. The fraction of sp³-hybridized carbons (Fsp3) is 0.650. The van der Waals surface area contributed by atoms with Crippen LogP contribution in [0.15, 0.2) is 29.3 Å². The summed E-state index contributed by atoms with van der Waals surface area (Å²) in [4.78, 5) is 17.4. The predicted octanol–water partition coefficient (Wildman–Crippen LogP) is 3.70. The number of hydrogen-bond acceptors (Lipinski definition) is 4. The van der Waals surface area contributed by atoms with Gasteiger partial charge in [-0.2, -0.15) is 0 Å². The van der Waals surface area contributed by atoms with Crippen molar-refractivity contribution in [1.29, 1.82) is 0 Å². The molecule has 1 aliphatic carbocycles. The van der Waals surface area contributed by atoms with E-state index in [1.807, 2.05) is 0 Å². The molecule has 0 spiro atoms. The third kappa shape index (κ3) is 6.88. The van der Waals surface area contributed by atoms with Crippen molar-refractivity contribution in [3.8, 4) is 0 Å². The highest BCUT2D eigenvalue weighted by Gasteiger charge is 2.21. The van der Waals surface area contributed by atoms with Gasteiger partial charge < -0.3 is 15.3 Å². The summed E-state index contributed by atoms with van der Waals surface area (Å²) < 4.78 is 0. The smallest absolute Gasteiger partial charge is 0.269 e. The van der Waals surface area contributed by atoms with Crippen molar-refractivity contribution in [3.63, 3.8) is 0 Å². The van der Waals surface area contributed by atoms with Crippen LogP contribution in [0.3, 0.4) is 0 Å². The first kappa shape index (κ1) is 22.9. The van der Waals surface area contributed by atoms with Crippen molar-refractivity contribution in [2.24, 2.45) is 10.9 Å². The highest BCUT2D eigenvalue weighted by atomic mass is 127. The summed E-state index contributed by atoms with van der Waals surface area (Å²) in [6.45, 7) is 3.04. The van der Waals surface area contributed by atoms with Crippen LogP contribution >= 0.6 is 24.0 Å². The number of aliphatic hydroxyl groups is 1. The lowest BCUT2D eigenvalue weighted by molar-refractivity contribution is -0.384. The van der Waals surface area contributed by atoms with Gasteiger partial charge in [-0.05, 0) is 37.2 Å². The van der Waals surface area contributed by atoms with Crippen LogP contribution in [0, 0.1) is 16.0 Å². The van der Waals surface area contributed by atoms with Crippen molar-refractivity contribution in [1.82, 2.24) is 10.2 Å². The lowest BCUT2D eigenvalue weighted by atomic mass is 9.89. The van der Waals surface area contributed by atoms with E-state index in [4.69, 9.17) is 4.99 Å². The number of aliphatic hydroxyl groups excluding tert-OH is 1. The fourth-order valence-corrected chi connectivity index (χ4v) is 3.86. The van der Waals surface area contributed by atoms with E-state index in [1.54, 1.807) is 12.1 Å². The Morgan fingerprint density at radius 3 is 2.39 bits per heavy atom. The lowest BCUT2D eigenvalue weighted by Crippen LogP contribution is -2.47. The summed E-state index contributed by atoms with van der Waals surface area (Å²) in [7, 11) is 0. The van der Waals surface area contributed by atoms with Crippen molar-refractivity contribution >= 4 is 35.6 Å². The van der Waals surface area contributed by atoms with Crippen LogP contribution < -0.4 is 5.32 Å². The molecule has 0 amide bonds. The Labute approximate surface area is 183 Å². The number of non-ortho nitro benzene ring substituents is 1. The second kappa shape index (κ2) is 11.5. The summed E-state index contributed by atoms with van der Waals surface area (Å²) in [6, 6.07) is 6.58. The van der Waals surface area contributed by atoms with Gasteiger partial charge >= 0.3 is 0 Å². The lowest BCUT2D eigenvalue weighted by Gasteiger charge is -2.33. The Hall–Kier alpha value is -1.42. The standard InChI is InChI=1S/C20H30N4O3.HI/c25-19-10-12-23(13-11-19)20(21-14-16-4-2-1-3-5-16)22-15-17-6-8-18(9-7-17)24(26)27;/h6-9,16,19,25H,1-5,10-15H2,(H,21,22);1H. The van der Waals surface area contributed by atoms with E-state index in [0.717, 1.165) is 44.0 Å². The number of aliphatic imine (C=N–C) groups is 1. The number of benzene rings is 1. The molecule has 1 saturated carbocycles. The van der Waals surface area contributed by atoms with Gasteiger partial charge in [0.15, 0.2) is 5.96 Å². The summed E-state index contributed by atoms with van der Waals surface area (Å²) in [6.07, 6.45) is 7.86. The molecule has 1 aliphatic heterocycles. The average molecular weight is 502 g/mol. The van der Waals surface area contributed by atoms with Crippen LogP contribution in [0.1, 0.15) is 50.5 Å². The minimum atomic E-state index is -0.386. The van der Waals surface area contributed by atoms with Crippen molar-refractivity contribution < 1.29 is 10.0 Å². The topological polar surface area (TPSA) is 91.0 Å². The highest BCUT2D eigenvalue weighted by Crippen LogP contribution is 2.23. The number of piperidine rings is 1. The molecule has 1 aromatic carbocycles. The van der Waals surface area contributed by atoms with Crippen LogP contribution in [0.4, 0.5) is 5.69 Å². The van der Waals surface area contributed by atoms with Crippen molar-refractivity contribution in [2.45, 2.75) is 57.6 Å². The number of nitro groups is 1. The predicted molar refractivity (Wildman–Crippen MR) is 121 cm³/mol. The van der Waals surface area contributed by atoms with Gasteiger partial charge in [-0.15, -0.1) is 24.0 Å². The quantitative estimate of drug-likeness (QED) is 0.211. The summed E-state index contributed by atoms with van der Waals surface area (Å²) in [5.41, 5.74) is 1.05. The Bertz CT molecular complexity index is 639. The van der Waals surface area contributed by atoms with Crippen LogP contribution in [-0.2, 0) is 6.54 Å². The SMILES string of the molecule is I.O=[N+]([O-])c1ccc(CN=C(NCC2CCCCC2)N2CCC(O)CC2)cc1. The van der Waals surface area contributed by atoms with Gasteiger partial charge in [0.1, 0.15) is 0 Å². The number of hydrogen-bond donors (Lipinski definition) is 2. The van der Waals surface area contributed by atoms with Crippen molar-refractivity contribution in [2.75, 3.05) is 19.6 Å². The minimum Gasteiger partial charge on any atom is -0.393 e. The fourth-order valence-electron chi connectivity index (χ4n) is 3.86. The molecule has 0 unspecified atom stereocenters. The zero-order valence-electron chi connectivity index (χ0n) is 16.3. The molecular formula is C20H31IN4O3. The highest BCUT2D eigenvalue weighted by molar-refractivity contribution is 14.0. The molecule has 1 heterocycles. The van der Waals surface area contributed by atoms with Crippen LogP contribution in [0.2, 0.25) is 0 Å². The molecule has 7 nitrogen and oxygen atoms in total. The molecule has 8 heteroatoms. The molecule has 1 saturated heterocycles. The molecule has 156 valence electrons.